The quantitative estimate of drug-likeness (QED) is 0.831. The fourth-order valence-corrected chi connectivity index (χ4v) is 2.09. The summed E-state index contributed by atoms with van der Waals surface area (Å²) in [7, 11) is 0. The van der Waals surface area contributed by atoms with Crippen LogP contribution in [0.2, 0.25) is 0 Å². The third-order valence-corrected chi connectivity index (χ3v) is 3.04. The molecule has 0 bridgehead atoms. The topological polar surface area (TPSA) is 70.0 Å². The number of carbonyl (C=O) groups excluding carboxylic acids is 1. The van der Waals surface area contributed by atoms with Crippen LogP contribution in [-0.4, -0.2) is 46.5 Å². The Morgan fingerprint density at radius 1 is 1.39 bits per heavy atom. The zero-order valence-corrected chi connectivity index (χ0v) is 10.0. The fraction of sp³-hybridized carbons (Fsp3) is 0.462. The van der Waals surface area contributed by atoms with Crippen molar-refractivity contribution in [2.45, 2.75) is 25.2 Å². The molecule has 18 heavy (non-hydrogen) atoms. The third kappa shape index (κ3) is 3.00. The molecule has 5 heteroatoms. The van der Waals surface area contributed by atoms with Gasteiger partial charge in [0, 0.05) is 0 Å². The van der Waals surface area contributed by atoms with Crippen LogP contribution in [0.3, 0.4) is 0 Å². The van der Waals surface area contributed by atoms with E-state index in [1.54, 1.807) is 0 Å². The number of aliphatic hydroxyl groups excluding tert-OH is 2. The van der Waals surface area contributed by atoms with E-state index in [9.17, 15) is 9.90 Å². The minimum atomic E-state index is -0.577. The van der Waals surface area contributed by atoms with E-state index in [4.69, 9.17) is 9.84 Å². The van der Waals surface area contributed by atoms with Crippen molar-refractivity contribution in [3.8, 4) is 0 Å². The molecule has 2 rings (SSSR count). The van der Waals surface area contributed by atoms with E-state index in [1.165, 1.54) is 4.90 Å². The van der Waals surface area contributed by atoms with Crippen molar-refractivity contribution < 1.29 is 19.7 Å². The Bertz CT molecular complexity index is 395. The van der Waals surface area contributed by atoms with Crippen molar-refractivity contribution in [3.63, 3.8) is 0 Å². The first-order chi connectivity index (χ1) is 8.70. The molecule has 2 N–H and O–H groups in total. The highest BCUT2D eigenvalue weighted by Gasteiger charge is 2.34. The molecule has 1 aliphatic heterocycles. The zero-order chi connectivity index (χ0) is 13.0. The lowest BCUT2D eigenvalue weighted by Gasteiger charge is -2.21. The molecule has 2 unspecified atom stereocenters. The first kappa shape index (κ1) is 12.9. The van der Waals surface area contributed by atoms with Gasteiger partial charge in [-0.25, -0.2) is 4.79 Å². The van der Waals surface area contributed by atoms with E-state index in [-0.39, 0.29) is 25.8 Å². The molecular weight excluding hydrogens is 234 g/mol. The number of benzene rings is 1. The summed E-state index contributed by atoms with van der Waals surface area (Å²) in [4.78, 5) is 13.2. The van der Waals surface area contributed by atoms with Crippen molar-refractivity contribution in [1.82, 2.24) is 4.90 Å². The second-order valence-electron chi connectivity index (χ2n) is 4.42. The van der Waals surface area contributed by atoms with Crippen LogP contribution in [0.15, 0.2) is 30.3 Å². The molecule has 0 saturated carbocycles. The van der Waals surface area contributed by atoms with Gasteiger partial charge in [0.2, 0.25) is 0 Å². The van der Waals surface area contributed by atoms with E-state index in [2.05, 4.69) is 0 Å². The normalized spacial score (nSPS) is 23.1. The number of nitrogens with zero attached hydrogens (tertiary/aromatic N) is 1. The first-order valence-corrected chi connectivity index (χ1v) is 5.97. The monoisotopic (exact) mass is 251 g/mol. The van der Waals surface area contributed by atoms with Crippen molar-refractivity contribution >= 4 is 6.09 Å². The summed E-state index contributed by atoms with van der Waals surface area (Å²) in [6, 6.07) is 9.04. The number of carbonyl (C=O) groups is 1. The molecule has 1 saturated heterocycles. The van der Waals surface area contributed by atoms with Gasteiger partial charge in [-0.3, -0.25) is 0 Å². The molecule has 0 aromatic heterocycles. The van der Waals surface area contributed by atoms with Crippen LogP contribution >= 0.6 is 0 Å². The highest BCUT2D eigenvalue weighted by atomic mass is 16.6. The number of ether oxygens (including phenoxy) is 1. The van der Waals surface area contributed by atoms with Gasteiger partial charge in [-0.15, -0.1) is 0 Å². The molecule has 1 aliphatic rings. The summed E-state index contributed by atoms with van der Waals surface area (Å²) >= 11 is 0. The van der Waals surface area contributed by atoms with E-state index in [1.807, 2.05) is 30.3 Å². The summed E-state index contributed by atoms with van der Waals surface area (Å²) in [5.41, 5.74) is 0.908. The molecule has 1 heterocycles. The molecule has 0 aliphatic carbocycles. The summed E-state index contributed by atoms with van der Waals surface area (Å²) in [5.74, 6) is 0. The Kier molecular flexibility index (Phi) is 4.17. The van der Waals surface area contributed by atoms with Crippen molar-refractivity contribution in [3.05, 3.63) is 35.9 Å². The summed E-state index contributed by atoms with van der Waals surface area (Å²) in [6.07, 6.45) is -0.669. The molecule has 98 valence electrons. The number of β-amino-alcohol motifs (C(OH)–C–C–N with tert-alkyl or cyclic N) is 1. The van der Waals surface area contributed by atoms with Gasteiger partial charge in [-0.2, -0.15) is 0 Å². The largest absolute Gasteiger partial charge is 0.445 e. The van der Waals surface area contributed by atoms with Crippen LogP contribution in [-0.2, 0) is 11.3 Å². The van der Waals surface area contributed by atoms with Crippen LogP contribution in [0.4, 0.5) is 4.79 Å². The van der Waals surface area contributed by atoms with Gasteiger partial charge in [0.05, 0.1) is 25.3 Å². The van der Waals surface area contributed by atoms with Gasteiger partial charge < -0.3 is 19.8 Å². The summed E-state index contributed by atoms with van der Waals surface area (Å²) < 4.78 is 5.16. The lowest BCUT2D eigenvalue weighted by Crippen LogP contribution is -2.38. The second kappa shape index (κ2) is 5.84. The molecule has 0 radical (unpaired) electrons. The molecule has 1 amide bonds. The van der Waals surface area contributed by atoms with Gasteiger partial charge in [0.1, 0.15) is 6.61 Å². The second-order valence-corrected chi connectivity index (χ2v) is 4.42. The Morgan fingerprint density at radius 2 is 2.11 bits per heavy atom. The van der Waals surface area contributed by atoms with E-state index >= 15 is 0 Å². The maximum Gasteiger partial charge on any atom is 0.410 e. The number of amides is 1. The number of rotatable bonds is 3. The van der Waals surface area contributed by atoms with Crippen LogP contribution in [0.1, 0.15) is 12.0 Å². The molecular formula is C13H17NO4. The van der Waals surface area contributed by atoms with Crippen molar-refractivity contribution in [2.24, 2.45) is 0 Å². The number of hydrogen-bond donors (Lipinski definition) is 2. The first-order valence-electron chi connectivity index (χ1n) is 5.97. The third-order valence-electron chi connectivity index (χ3n) is 3.04. The van der Waals surface area contributed by atoms with Crippen LogP contribution in [0, 0.1) is 0 Å². The maximum atomic E-state index is 11.8. The highest BCUT2D eigenvalue weighted by molar-refractivity contribution is 5.68. The van der Waals surface area contributed by atoms with Crippen LogP contribution in [0.5, 0.6) is 0 Å². The predicted molar refractivity (Wildman–Crippen MR) is 64.8 cm³/mol. The molecule has 1 fully saturated rings. The fourth-order valence-electron chi connectivity index (χ4n) is 2.09. The Labute approximate surface area is 106 Å². The Morgan fingerprint density at radius 3 is 2.78 bits per heavy atom. The SMILES string of the molecule is O=C(OCc1ccccc1)N1CC(O)CC1CO. The molecule has 0 spiro atoms. The summed E-state index contributed by atoms with van der Waals surface area (Å²) in [6.45, 7) is 0.265. The lowest BCUT2D eigenvalue weighted by atomic mass is 10.2. The number of hydrogen-bond acceptors (Lipinski definition) is 4. The predicted octanol–water partition coefficient (Wildman–Crippen LogP) is 0.751. The molecule has 1 aromatic rings. The Balaban J connectivity index is 1.88. The lowest BCUT2D eigenvalue weighted by molar-refractivity contribution is 0.0772. The van der Waals surface area contributed by atoms with E-state index in [0.29, 0.717) is 6.42 Å². The van der Waals surface area contributed by atoms with Crippen LogP contribution in [0.25, 0.3) is 0 Å². The minimum Gasteiger partial charge on any atom is -0.445 e. The van der Waals surface area contributed by atoms with Crippen molar-refractivity contribution in [1.29, 1.82) is 0 Å². The molecule has 2 atom stereocenters. The van der Waals surface area contributed by atoms with E-state index < -0.39 is 12.2 Å². The van der Waals surface area contributed by atoms with Crippen molar-refractivity contribution in [2.75, 3.05) is 13.2 Å². The molecule has 5 nitrogen and oxygen atoms in total. The number of likely N-dealkylation sites (tertiary alicyclic amines) is 1. The van der Waals surface area contributed by atoms with E-state index in [0.717, 1.165) is 5.56 Å². The number of aliphatic hydroxyl groups is 2. The van der Waals surface area contributed by atoms with Gasteiger partial charge in [0.25, 0.3) is 0 Å². The minimum absolute atomic E-state index is 0.155. The van der Waals surface area contributed by atoms with Gasteiger partial charge in [0.15, 0.2) is 0 Å². The maximum absolute atomic E-state index is 11.8. The highest BCUT2D eigenvalue weighted by Crippen LogP contribution is 2.18. The molecule has 1 aromatic carbocycles. The van der Waals surface area contributed by atoms with Gasteiger partial charge in [-0.05, 0) is 12.0 Å². The standard InChI is InChI=1S/C13H17NO4/c15-8-11-6-12(16)7-14(11)13(17)18-9-10-4-2-1-3-5-10/h1-5,11-12,15-16H,6-9H2. The smallest absolute Gasteiger partial charge is 0.410 e. The average molecular weight is 251 g/mol. The zero-order valence-electron chi connectivity index (χ0n) is 10.0. The summed E-state index contributed by atoms with van der Waals surface area (Å²) in [5, 5.41) is 18.6. The van der Waals surface area contributed by atoms with Crippen LogP contribution < -0.4 is 0 Å². The average Bonchev–Trinajstić information content (AvgIpc) is 2.78. The van der Waals surface area contributed by atoms with Gasteiger partial charge in [-0.1, -0.05) is 30.3 Å². The van der Waals surface area contributed by atoms with Gasteiger partial charge >= 0.3 is 6.09 Å². The Hall–Kier alpha value is -1.59.